The molecule has 1 fully saturated rings. The summed E-state index contributed by atoms with van der Waals surface area (Å²) >= 11 is 0. The molecule has 0 spiro atoms. The van der Waals surface area contributed by atoms with E-state index in [0.717, 1.165) is 5.92 Å². The van der Waals surface area contributed by atoms with E-state index in [1.165, 1.54) is 45.6 Å². The topological polar surface area (TPSA) is 18.5 Å². The zero-order valence-corrected chi connectivity index (χ0v) is 13.1. The fraction of sp³-hybridized carbons (Fsp3) is 1.00. The first-order chi connectivity index (χ1) is 8.52. The van der Waals surface area contributed by atoms with Crippen LogP contribution >= 0.6 is 0 Å². The van der Waals surface area contributed by atoms with Crippen LogP contribution in [0.25, 0.3) is 0 Å². The highest BCUT2D eigenvalue weighted by Crippen LogP contribution is 2.15. The molecular formula is C15H33N3. The summed E-state index contributed by atoms with van der Waals surface area (Å²) in [4.78, 5) is 5.12. The lowest BCUT2D eigenvalue weighted by molar-refractivity contribution is 0.208. The number of nitrogens with zero attached hydrogens (tertiary/aromatic N) is 2. The van der Waals surface area contributed by atoms with Crippen molar-refractivity contribution in [3.63, 3.8) is 0 Å². The number of rotatable bonds is 8. The zero-order valence-electron chi connectivity index (χ0n) is 13.1. The molecule has 0 saturated carbocycles. The minimum atomic E-state index is 0.621. The lowest BCUT2D eigenvalue weighted by Gasteiger charge is -2.26. The molecule has 3 heteroatoms. The predicted molar refractivity (Wildman–Crippen MR) is 80.1 cm³/mol. The zero-order chi connectivity index (χ0) is 13.5. The summed E-state index contributed by atoms with van der Waals surface area (Å²) in [5.74, 6) is 0.862. The van der Waals surface area contributed by atoms with Crippen molar-refractivity contribution in [3.8, 4) is 0 Å². The highest BCUT2D eigenvalue weighted by atomic mass is 15.2. The quantitative estimate of drug-likeness (QED) is 0.716. The van der Waals surface area contributed by atoms with E-state index in [1.54, 1.807) is 0 Å². The maximum absolute atomic E-state index is 3.56. The molecule has 108 valence electrons. The van der Waals surface area contributed by atoms with Crippen LogP contribution in [0, 0.1) is 5.92 Å². The minimum absolute atomic E-state index is 0.621. The van der Waals surface area contributed by atoms with Crippen LogP contribution in [-0.4, -0.2) is 61.7 Å². The fourth-order valence-corrected chi connectivity index (χ4v) is 2.52. The molecule has 1 aliphatic rings. The van der Waals surface area contributed by atoms with Crippen molar-refractivity contribution in [3.05, 3.63) is 0 Å². The van der Waals surface area contributed by atoms with E-state index in [2.05, 4.69) is 49.9 Å². The monoisotopic (exact) mass is 255 g/mol. The molecule has 0 amide bonds. The Kier molecular flexibility index (Phi) is 7.20. The highest BCUT2D eigenvalue weighted by Gasteiger charge is 2.22. The van der Waals surface area contributed by atoms with Crippen molar-refractivity contribution in [2.24, 2.45) is 5.92 Å². The summed E-state index contributed by atoms with van der Waals surface area (Å²) in [6.45, 7) is 15.3. The van der Waals surface area contributed by atoms with Crippen molar-refractivity contribution in [1.82, 2.24) is 15.1 Å². The van der Waals surface area contributed by atoms with Gasteiger partial charge in [0.05, 0.1) is 0 Å². The third-order valence-corrected chi connectivity index (χ3v) is 4.30. The normalized spacial score (nSPS) is 23.2. The second-order valence-corrected chi connectivity index (χ2v) is 6.26. The van der Waals surface area contributed by atoms with Gasteiger partial charge in [-0.1, -0.05) is 20.8 Å². The maximum Gasteiger partial charge on any atom is 0.0109 e. The number of hydrogen-bond donors (Lipinski definition) is 1. The van der Waals surface area contributed by atoms with E-state index in [1.807, 2.05) is 0 Å². The molecule has 0 aromatic rings. The lowest BCUT2D eigenvalue weighted by atomic mass is 10.1. The van der Waals surface area contributed by atoms with Gasteiger partial charge in [0.15, 0.2) is 0 Å². The first kappa shape index (κ1) is 15.9. The summed E-state index contributed by atoms with van der Waals surface area (Å²) in [6, 6.07) is 1.33. The standard InChI is InChI=1S/C15H33N3/c1-6-14(4)17(5)9-10-18-8-7-15(12-18)11-16-13(2)3/h13-16H,6-12H2,1-5H3. The van der Waals surface area contributed by atoms with Gasteiger partial charge in [-0.3, -0.25) is 0 Å². The molecule has 1 saturated heterocycles. The van der Waals surface area contributed by atoms with Crippen molar-refractivity contribution >= 4 is 0 Å². The van der Waals surface area contributed by atoms with Gasteiger partial charge < -0.3 is 15.1 Å². The Morgan fingerprint density at radius 3 is 2.67 bits per heavy atom. The molecule has 1 heterocycles. The van der Waals surface area contributed by atoms with Crippen molar-refractivity contribution in [2.45, 2.75) is 52.6 Å². The Bertz CT molecular complexity index is 218. The van der Waals surface area contributed by atoms with Crippen LogP contribution in [0.4, 0.5) is 0 Å². The Morgan fingerprint density at radius 1 is 1.33 bits per heavy atom. The van der Waals surface area contributed by atoms with Gasteiger partial charge in [-0.25, -0.2) is 0 Å². The third-order valence-electron chi connectivity index (χ3n) is 4.30. The van der Waals surface area contributed by atoms with Crippen molar-refractivity contribution < 1.29 is 0 Å². The molecule has 2 unspecified atom stereocenters. The molecule has 0 aromatic carbocycles. The van der Waals surface area contributed by atoms with Crippen molar-refractivity contribution in [1.29, 1.82) is 0 Å². The van der Waals surface area contributed by atoms with E-state index < -0.39 is 0 Å². The predicted octanol–water partition coefficient (Wildman–Crippen LogP) is 2.04. The van der Waals surface area contributed by atoms with Crippen LogP contribution in [0.2, 0.25) is 0 Å². The van der Waals surface area contributed by atoms with Crippen LogP contribution in [0.3, 0.4) is 0 Å². The fourth-order valence-electron chi connectivity index (χ4n) is 2.52. The lowest BCUT2D eigenvalue weighted by Crippen LogP contribution is -2.37. The SMILES string of the molecule is CCC(C)N(C)CCN1CCC(CNC(C)C)C1. The van der Waals surface area contributed by atoms with Gasteiger partial charge in [0.25, 0.3) is 0 Å². The number of likely N-dealkylation sites (tertiary alicyclic amines) is 1. The van der Waals surface area contributed by atoms with Gasteiger partial charge in [0.1, 0.15) is 0 Å². The Morgan fingerprint density at radius 2 is 2.06 bits per heavy atom. The smallest absolute Gasteiger partial charge is 0.0109 e. The van der Waals surface area contributed by atoms with Crippen LogP contribution in [0.5, 0.6) is 0 Å². The minimum Gasteiger partial charge on any atom is -0.314 e. The van der Waals surface area contributed by atoms with Gasteiger partial charge in [0, 0.05) is 31.7 Å². The molecule has 0 radical (unpaired) electrons. The van der Waals surface area contributed by atoms with Gasteiger partial charge in [-0.2, -0.15) is 0 Å². The highest BCUT2D eigenvalue weighted by molar-refractivity contribution is 4.78. The van der Waals surface area contributed by atoms with Crippen LogP contribution in [0.1, 0.15) is 40.5 Å². The van der Waals surface area contributed by atoms with Crippen LogP contribution in [0.15, 0.2) is 0 Å². The molecule has 0 aliphatic carbocycles. The average Bonchev–Trinajstić information content (AvgIpc) is 2.80. The van der Waals surface area contributed by atoms with E-state index in [0.29, 0.717) is 12.1 Å². The largest absolute Gasteiger partial charge is 0.314 e. The average molecular weight is 255 g/mol. The molecule has 1 N–H and O–H groups in total. The first-order valence-electron chi connectivity index (χ1n) is 7.68. The second kappa shape index (κ2) is 8.13. The Hall–Kier alpha value is -0.120. The second-order valence-electron chi connectivity index (χ2n) is 6.26. The molecule has 2 atom stereocenters. The first-order valence-corrected chi connectivity index (χ1v) is 7.68. The summed E-state index contributed by atoms with van der Waals surface area (Å²) in [5.41, 5.74) is 0. The Labute approximate surface area is 114 Å². The van der Waals surface area contributed by atoms with E-state index in [-0.39, 0.29) is 0 Å². The van der Waals surface area contributed by atoms with E-state index >= 15 is 0 Å². The molecular weight excluding hydrogens is 222 g/mol. The Balaban J connectivity index is 2.14. The number of nitrogens with one attached hydrogen (secondary N) is 1. The van der Waals surface area contributed by atoms with Gasteiger partial charge in [-0.15, -0.1) is 0 Å². The maximum atomic E-state index is 3.56. The van der Waals surface area contributed by atoms with Crippen LogP contribution < -0.4 is 5.32 Å². The third kappa shape index (κ3) is 5.68. The van der Waals surface area contributed by atoms with Gasteiger partial charge >= 0.3 is 0 Å². The molecule has 1 rings (SSSR count). The summed E-state index contributed by atoms with van der Waals surface area (Å²) in [6.07, 6.45) is 2.62. The van der Waals surface area contributed by atoms with Gasteiger partial charge in [0.2, 0.25) is 0 Å². The molecule has 18 heavy (non-hydrogen) atoms. The number of likely N-dealkylation sites (N-methyl/N-ethyl adjacent to an activating group) is 1. The van der Waals surface area contributed by atoms with Crippen molar-refractivity contribution in [2.75, 3.05) is 39.8 Å². The van der Waals surface area contributed by atoms with E-state index in [4.69, 9.17) is 0 Å². The van der Waals surface area contributed by atoms with E-state index in [9.17, 15) is 0 Å². The molecule has 0 aromatic heterocycles. The molecule has 1 aliphatic heterocycles. The summed E-state index contributed by atoms with van der Waals surface area (Å²) in [5, 5.41) is 3.56. The van der Waals surface area contributed by atoms with Gasteiger partial charge in [-0.05, 0) is 45.8 Å². The summed E-state index contributed by atoms with van der Waals surface area (Å²) < 4.78 is 0. The van der Waals surface area contributed by atoms with Crippen LogP contribution in [-0.2, 0) is 0 Å². The summed E-state index contributed by atoms with van der Waals surface area (Å²) in [7, 11) is 2.25. The molecule has 0 bridgehead atoms. The molecule has 3 nitrogen and oxygen atoms in total. The number of hydrogen-bond acceptors (Lipinski definition) is 3.